The molecule has 0 saturated carbocycles. The summed E-state index contributed by atoms with van der Waals surface area (Å²) < 4.78 is 23.2. The zero-order valence-corrected chi connectivity index (χ0v) is 20.9. The smallest absolute Gasteiger partial charge is 0.201 e. The van der Waals surface area contributed by atoms with Crippen molar-refractivity contribution >= 4 is 27.9 Å². The number of hydrogen-bond acceptors (Lipinski definition) is 7. The highest BCUT2D eigenvalue weighted by Gasteiger charge is 2.23. The fraction of sp³-hybridized carbons (Fsp3) is 0.0645. The van der Waals surface area contributed by atoms with Crippen molar-refractivity contribution in [3.05, 3.63) is 108 Å². The molecule has 0 fully saturated rings. The van der Waals surface area contributed by atoms with Crippen molar-refractivity contribution in [2.75, 3.05) is 25.7 Å². The Morgan fingerprint density at radius 1 is 0.579 bits per heavy atom. The number of methoxy groups -OCH3 is 2. The molecule has 0 aliphatic carbocycles. The van der Waals surface area contributed by atoms with Crippen LogP contribution >= 0.6 is 0 Å². The van der Waals surface area contributed by atoms with Crippen LogP contribution in [0.2, 0.25) is 0 Å². The van der Waals surface area contributed by atoms with Gasteiger partial charge in [-0.2, -0.15) is 0 Å². The van der Waals surface area contributed by atoms with Crippen LogP contribution in [0.1, 0.15) is 15.9 Å². The number of nitrogens with two attached hydrogens (primary N) is 2. The molecule has 0 aliphatic rings. The van der Waals surface area contributed by atoms with E-state index in [9.17, 15) is 4.79 Å². The molecule has 0 amide bonds. The third-order valence-corrected chi connectivity index (χ3v) is 6.06. The number of carbonyl (C=O) groups is 1. The summed E-state index contributed by atoms with van der Waals surface area (Å²) in [6, 6.07) is 28.3. The van der Waals surface area contributed by atoms with Crippen LogP contribution in [0.4, 0.5) is 11.4 Å². The third kappa shape index (κ3) is 5.03. The Morgan fingerprint density at radius 2 is 1.18 bits per heavy atom. The Hall–Kier alpha value is -5.17. The van der Waals surface area contributed by atoms with Crippen LogP contribution in [0.15, 0.2) is 97.1 Å². The highest BCUT2D eigenvalue weighted by Crippen LogP contribution is 2.37. The maximum atomic E-state index is 14.1. The maximum Gasteiger partial charge on any atom is 0.201 e. The van der Waals surface area contributed by atoms with Gasteiger partial charge in [0, 0.05) is 17.4 Å². The summed E-state index contributed by atoms with van der Waals surface area (Å²) in [5, 5.41) is 1.58. The van der Waals surface area contributed by atoms with Crippen LogP contribution < -0.4 is 30.4 Å². The maximum absolute atomic E-state index is 14.1. The van der Waals surface area contributed by atoms with Crippen molar-refractivity contribution in [2.45, 2.75) is 0 Å². The van der Waals surface area contributed by atoms with Crippen LogP contribution in [0, 0.1) is 0 Å². The molecule has 0 aliphatic heterocycles. The first-order chi connectivity index (χ1) is 18.4. The number of benzene rings is 5. The Kier molecular flexibility index (Phi) is 6.74. The Bertz CT molecular complexity index is 1610. The predicted octanol–water partition coefficient (Wildman–Crippen LogP) is 6.84. The zero-order valence-electron chi connectivity index (χ0n) is 20.9. The summed E-state index contributed by atoms with van der Waals surface area (Å²) in [6.07, 6.45) is 0. The van der Waals surface area contributed by atoms with Crippen molar-refractivity contribution in [1.82, 2.24) is 0 Å². The zero-order chi connectivity index (χ0) is 26.6. The molecule has 0 unspecified atom stereocenters. The molecule has 5 rings (SSSR count). The number of nitrogen functional groups attached to an aromatic ring is 2. The molecule has 4 N–H and O–H groups in total. The molecule has 0 spiro atoms. The van der Waals surface area contributed by atoms with Crippen molar-refractivity contribution in [3.8, 4) is 34.5 Å². The van der Waals surface area contributed by atoms with Gasteiger partial charge in [0.1, 0.15) is 34.5 Å². The standard InChI is InChI=1S/C31H26N2O5/c1-35-24-12-14-26-19(17-24)3-16-28(36-2)30(26)31(34)27-15-13-25(37-22-8-4-20(32)5-9-22)18-29(27)38-23-10-6-21(33)7-11-23/h3-18H,32-33H2,1-2H3. The van der Waals surface area contributed by atoms with Crippen molar-refractivity contribution in [3.63, 3.8) is 0 Å². The van der Waals surface area contributed by atoms with Crippen molar-refractivity contribution in [2.24, 2.45) is 0 Å². The van der Waals surface area contributed by atoms with Gasteiger partial charge in [-0.25, -0.2) is 0 Å². The summed E-state index contributed by atoms with van der Waals surface area (Å²) >= 11 is 0. The molecule has 0 saturated heterocycles. The van der Waals surface area contributed by atoms with Gasteiger partial charge in [-0.15, -0.1) is 0 Å². The number of fused-ring (bicyclic) bond motifs is 1. The molecule has 0 aromatic heterocycles. The lowest BCUT2D eigenvalue weighted by atomic mass is 9.95. The average Bonchev–Trinajstić information content (AvgIpc) is 2.94. The lowest BCUT2D eigenvalue weighted by Gasteiger charge is -2.16. The Balaban J connectivity index is 1.61. The molecule has 0 bridgehead atoms. The fourth-order valence-corrected chi connectivity index (χ4v) is 4.13. The molecule has 7 heteroatoms. The fourth-order valence-electron chi connectivity index (χ4n) is 4.13. The summed E-state index contributed by atoms with van der Waals surface area (Å²) in [4.78, 5) is 14.1. The highest BCUT2D eigenvalue weighted by molar-refractivity contribution is 6.19. The van der Waals surface area contributed by atoms with E-state index in [1.165, 1.54) is 7.11 Å². The lowest BCUT2D eigenvalue weighted by Crippen LogP contribution is -2.07. The average molecular weight is 507 g/mol. The van der Waals surface area contributed by atoms with E-state index in [2.05, 4.69) is 0 Å². The minimum atomic E-state index is -0.262. The second-order valence-corrected chi connectivity index (χ2v) is 8.56. The van der Waals surface area contributed by atoms with Gasteiger partial charge in [-0.1, -0.05) is 6.07 Å². The minimum Gasteiger partial charge on any atom is -0.497 e. The first-order valence-corrected chi connectivity index (χ1v) is 11.9. The van der Waals surface area contributed by atoms with Crippen LogP contribution in [-0.2, 0) is 0 Å². The summed E-state index contributed by atoms with van der Waals surface area (Å²) in [7, 11) is 3.14. The highest BCUT2D eigenvalue weighted by atomic mass is 16.5. The van der Waals surface area contributed by atoms with E-state index in [0.717, 1.165) is 10.8 Å². The number of carbonyl (C=O) groups excluding carboxylic acids is 1. The molecule has 5 aromatic rings. The van der Waals surface area contributed by atoms with Crippen LogP contribution in [-0.4, -0.2) is 20.0 Å². The van der Waals surface area contributed by atoms with E-state index in [1.807, 2.05) is 24.3 Å². The molecular formula is C31H26N2O5. The van der Waals surface area contributed by atoms with Gasteiger partial charge < -0.3 is 30.4 Å². The topological polar surface area (TPSA) is 106 Å². The van der Waals surface area contributed by atoms with E-state index >= 15 is 0 Å². The molecule has 7 nitrogen and oxygen atoms in total. The monoisotopic (exact) mass is 506 g/mol. The van der Waals surface area contributed by atoms with Gasteiger partial charge in [0.05, 0.1) is 25.3 Å². The molecule has 190 valence electrons. The van der Waals surface area contributed by atoms with Gasteiger partial charge in [0.25, 0.3) is 0 Å². The van der Waals surface area contributed by atoms with E-state index in [0.29, 0.717) is 57.0 Å². The van der Waals surface area contributed by atoms with Gasteiger partial charge in [-0.3, -0.25) is 4.79 Å². The number of rotatable bonds is 8. The molecule has 0 radical (unpaired) electrons. The molecule has 38 heavy (non-hydrogen) atoms. The Morgan fingerprint density at radius 3 is 1.82 bits per heavy atom. The van der Waals surface area contributed by atoms with E-state index in [1.54, 1.807) is 79.9 Å². The number of anilines is 2. The largest absolute Gasteiger partial charge is 0.497 e. The minimum absolute atomic E-state index is 0.262. The van der Waals surface area contributed by atoms with Crippen molar-refractivity contribution in [1.29, 1.82) is 0 Å². The number of ketones is 1. The van der Waals surface area contributed by atoms with Gasteiger partial charge in [-0.05, 0) is 95.7 Å². The SMILES string of the molecule is COc1ccc2c(C(=O)c3ccc(Oc4ccc(N)cc4)cc3Oc3ccc(N)cc3)c(OC)ccc2c1. The second-order valence-electron chi connectivity index (χ2n) is 8.56. The van der Waals surface area contributed by atoms with Crippen LogP contribution in [0.25, 0.3) is 10.8 Å². The molecular weight excluding hydrogens is 480 g/mol. The predicted molar refractivity (Wildman–Crippen MR) is 149 cm³/mol. The number of ether oxygens (including phenoxy) is 4. The third-order valence-electron chi connectivity index (χ3n) is 6.06. The second kappa shape index (κ2) is 10.4. The van der Waals surface area contributed by atoms with E-state index in [-0.39, 0.29) is 5.78 Å². The molecule has 0 heterocycles. The van der Waals surface area contributed by atoms with Gasteiger partial charge in [0.2, 0.25) is 5.78 Å². The number of hydrogen-bond donors (Lipinski definition) is 2. The van der Waals surface area contributed by atoms with Gasteiger partial charge in [0.15, 0.2) is 0 Å². The van der Waals surface area contributed by atoms with E-state index in [4.69, 9.17) is 30.4 Å². The lowest BCUT2D eigenvalue weighted by molar-refractivity contribution is 0.103. The summed E-state index contributed by atoms with van der Waals surface area (Å²) in [5.41, 5.74) is 13.6. The quantitative estimate of drug-likeness (QED) is 0.175. The molecule has 0 atom stereocenters. The van der Waals surface area contributed by atoms with Gasteiger partial charge >= 0.3 is 0 Å². The first-order valence-electron chi connectivity index (χ1n) is 11.9. The molecule has 5 aromatic carbocycles. The summed E-state index contributed by atoms with van der Waals surface area (Å²) in [6.45, 7) is 0. The normalized spacial score (nSPS) is 10.7. The van der Waals surface area contributed by atoms with Crippen LogP contribution in [0.3, 0.4) is 0 Å². The van der Waals surface area contributed by atoms with Crippen LogP contribution in [0.5, 0.6) is 34.5 Å². The first kappa shape index (κ1) is 24.5. The van der Waals surface area contributed by atoms with E-state index < -0.39 is 0 Å². The summed E-state index contributed by atoms with van der Waals surface area (Å²) in [5.74, 6) is 2.81. The van der Waals surface area contributed by atoms with Crippen molar-refractivity contribution < 1.29 is 23.7 Å². The Labute approximate surface area is 220 Å².